The Morgan fingerprint density at radius 1 is 1.33 bits per heavy atom. The van der Waals surface area contributed by atoms with Gasteiger partial charge in [0.25, 0.3) is 0 Å². The first-order chi connectivity index (χ1) is 8.26. The molecule has 1 saturated carbocycles. The van der Waals surface area contributed by atoms with Gasteiger partial charge in [-0.25, -0.2) is 4.79 Å². The highest BCUT2D eigenvalue weighted by Crippen LogP contribution is 2.20. The lowest BCUT2D eigenvalue weighted by atomic mass is 9.98. The molecule has 0 aromatic carbocycles. The minimum atomic E-state index is -1.46. The number of carbonyl (C=O) groups is 1. The van der Waals surface area contributed by atoms with E-state index in [1.54, 1.807) is 13.8 Å². The lowest BCUT2D eigenvalue weighted by Crippen LogP contribution is -2.20. The SMILES string of the molecule is C=C(C)C(=O)OC1CCCCC1.CCC(C)(O)O. The van der Waals surface area contributed by atoms with Gasteiger partial charge in [-0.15, -0.1) is 0 Å². The van der Waals surface area contributed by atoms with Crippen LogP contribution in [0.3, 0.4) is 0 Å². The third kappa shape index (κ3) is 9.19. The first kappa shape index (κ1) is 17.1. The highest BCUT2D eigenvalue weighted by atomic mass is 16.5. The molecule has 0 radical (unpaired) electrons. The second-order valence-electron chi connectivity index (χ2n) is 5.02. The molecule has 0 aromatic heterocycles. The van der Waals surface area contributed by atoms with Crippen LogP contribution in [0.5, 0.6) is 0 Å². The first-order valence-corrected chi connectivity index (χ1v) is 6.57. The van der Waals surface area contributed by atoms with Crippen molar-refractivity contribution in [3.8, 4) is 0 Å². The predicted molar refractivity (Wildman–Crippen MR) is 70.9 cm³/mol. The summed E-state index contributed by atoms with van der Waals surface area (Å²) in [5.74, 6) is -1.69. The monoisotopic (exact) mass is 258 g/mol. The average Bonchev–Trinajstić information content (AvgIpc) is 2.30. The van der Waals surface area contributed by atoms with E-state index in [-0.39, 0.29) is 12.1 Å². The van der Waals surface area contributed by atoms with Crippen LogP contribution in [0.1, 0.15) is 59.3 Å². The standard InChI is InChI=1S/C10H16O2.C4H10O2/c1-8(2)10(11)12-9-6-4-3-5-7-9;1-3-4(2,5)6/h9H,1,3-7H2,2H3;5-6H,3H2,1-2H3. The van der Waals surface area contributed by atoms with E-state index in [2.05, 4.69) is 6.58 Å². The highest BCUT2D eigenvalue weighted by molar-refractivity contribution is 5.87. The van der Waals surface area contributed by atoms with Gasteiger partial charge in [0, 0.05) is 5.57 Å². The Labute approximate surface area is 110 Å². The smallest absolute Gasteiger partial charge is 0.333 e. The normalized spacial score (nSPS) is 16.5. The third-order valence-corrected chi connectivity index (χ3v) is 2.84. The Kier molecular flexibility index (Phi) is 7.87. The first-order valence-electron chi connectivity index (χ1n) is 6.57. The number of esters is 1. The van der Waals surface area contributed by atoms with Crippen molar-refractivity contribution in [2.75, 3.05) is 0 Å². The van der Waals surface area contributed by atoms with Gasteiger partial charge in [0.05, 0.1) is 0 Å². The molecular weight excluding hydrogens is 232 g/mol. The Bertz CT molecular complexity index is 259. The van der Waals surface area contributed by atoms with Crippen LogP contribution in [-0.4, -0.2) is 28.1 Å². The number of hydrogen-bond donors (Lipinski definition) is 2. The van der Waals surface area contributed by atoms with Crippen molar-refractivity contribution in [2.45, 2.75) is 71.2 Å². The summed E-state index contributed by atoms with van der Waals surface area (Å²) in [5, 5.41) is 16.8. The van der Waals surface area contributed by atoms with Crippen molar-refractivity contribution in [1.29, 1.82) is 0 Å². The van der Waals surface area contributed by atoms with Crippen molar-refractivity contribution < 1.29 is 19.7 Å². The Morgan fingerprint density at radius 3 is 2.11 bits per heavy atom. The highest BCUT2D eigenvalue weighted by Gasteiger charge is 2.17. The van der Waals surface area contributed by atoms with Gasteiger partial charge in [-0.05, 0) is 46.0 Å². The van der Waals surface area contributed by atoms with Gasteiger partial charge in [0.15, 0.2) is 5.79 Å². The number of rotatable bonds is 3. The average molecular weight is 258 g/mol. The van der Waals surface area contributed by atoms with Gasteiger partial charge < -0.3 is 14.9 Å². The molecule has 0 saturated heterocycles. The third-order valence-electron chi connectivity index (χ3n) is 2.84. The zero-order valence-electron chi connectivity index (χ0n) is 11.7. The lowest BCUT2D eigenvalue weighted by molar-refractivity contribution is -0.146. The topological polar surface area (TPSA) is 66.8 Å². The van der Waals surface area contributed by atoms with E-state index in [1.807, 2.05) is 0 Å². The Morgan fingerprint density at radius 2 is 1.78 bits per heavy atom. The van der Waals surface area contributed by atoms with Gasteiger partial charge in [-0.1, -0.05) is 19.9 Å². The van der Waals surface area contributed by atoms with Crippen molar-refractivity contribution in [3.63, 3.8) is 0 Å². The van der Waals surface area contributed by atoms with Crippen molar-refractivity contribution in [1.82, 2.24) is 0 Å². The fraction of sp³-hybridized carbons (Fsp3) is 0.786. The number of aliphatic hydroxyl groups is 2. The van der Waals surface area contributed by atoms with Crippen LogP contribution in [0.25, 0.3) is 0 Å². The molecule has 0 spiro atoms. The lowest BCUT2D eigenvalue weighted by Gasteiger charge is -2.21. The van der Waals surface area contributed by atoms with E-state index in [0.29, 0.717) is 12.0 Å². The van der Waals surface area contributed by atoms with Crippen LogP contribution >= 0.6 is 0 Å². The van der Waals surface area contributed by atoms with E-state index < -0.39 is 5.79 Å². The fourth-order valence-electron chi connectivity index (χ4n) is 1.43. The van der Waals surface area contributed by atoms with E-state index in [0.717, 1.165) is 12.8 Å². The minimum Gasteiger partial charge on any atom is -0.459 e. The second kappa shape index (κ2) is 8.27. The summed E-state index contributed by atoms with van der Waals surface area (Å²) in [5.41, 5.74) is 0.501. The Balaban J connectivity index is 0.000000411. The summed E-state index contributed by atoms with van der Waals surface area (Å²) in [7, 11) is 0. The molecule has 2 N–H and O–H groups in total. The molecule has 0 aromatic rings. The van der Waals surface area contributed by atoms with Gasteiger partial charge in [0.2, 0.25) is 0 Å². The van der Waals surface area contributed by atoms with Crippen molar-refractivity contribution >= 4 is 5.97 Å². The van der Waals surface area contributed by atoms with E-state index in [9.17, 15) is 4.79 Å². The van der Waals surface area contributed by atoms with E-state index >= 15 is 0 Å². The molecule has 0 aliphatic heterocycles. The largest absolute Gasteiger partial charge is 0.459 e. The summed E-state index contributed by atoms with van der Waals surface area (Å²) in [6.07, 6.45) is 6.25. The second-order valence-corrected chi connectivity index (χ2v) is 5.02. The van der Waals surface area contributed by atoms with Gasteiger partial charge in [-0.3, -0.25) is 0 Å². The number of ether oxygens (including phenoxy) is 1. The molecule has 0 atom stereocenters. The minimum absolute atomic E-state index is 0.156. The molecule has 1 aliphatic carbocycles. The summed E-state index contributed by atoms with van der Waals surface area (Å²) in [6, 6.07) is 0. The molecule has 4 heteroatoms. The Hall–Kier alpha value is -0.870. The maximum Gasteiger partial charge on any atom is 0.333 e. The molecular formula is C14H26O4. The fourth-order valence-corrected chi connectivity index (χ4v) is 1.43. The summed E-state index contributed by atoms with van der Waals surface area (Å²) >= 11 is 0. The molecule has 106 valence electrons. The van der Waals surface area contributed by atoms with E-state index in [1.165, 1.54) is 26.2 Å². The van der Waals surface area contributed by atoms with Crippen LogP contribution in [0, 0.1) is 0 Å². The number of hydrogen-bond acceptors (Lipinski definition) is 4. The van der Waals surface area contributed by atoms with Crippen LogP contribution in [0.2, 0.25) is 0 Å². The van der Waals surface area contributed by atoms with Gasteiger partial charge in [0.1, 0.15) is 6.10 Å². The molecule has 0 heterocycles. The molecule has 1 rings (SSSR count). The number of carbonyl (C=O) groups excluding carboxylic acids is 1. The molecule has 0 amide bonds. The van der Waals surface area contributed by atoms with Crippen molar-refractivity contribution in [3.05, 3.63) is 12.2 Å². The summed E-state index contributed by atoms with van der Waals surface area (Å²) in [4.78, 5) is 11.1. The van der Waals surface area contributed by atoms with Gasteiger partial charge >= 0.3 is 5.97 Å². The maximum absolute atomic E-state index is 11.1. The quantitative estimate of drug-likeness (QED) is 0.464. The van der Waals surface area contributed by atoms with Crippen molar-refractivity contribution in [2.24, 2.45) is 0 Å². The summed E-state index contributed by atoms with van der Waals surface area (Å²) in [6.45, 7) is 8.29. The maximum atomic E-state index is 11.1. The van der Waals surface area contributed by atoms with Crippen LogP contribution in [0.15, 0.2) is 12.2 Å². The zero-order valence-corrected chi connectivity index (χ0v) is 11.7. The molecule has 0 unspecified atom stereocenters. The van der Waals surface area contributed by atoms with E-state index in [4.69, 9.17) is 14.9 Å². The van der Waals surface area contributed by atoms with Crippen LogP contribution < -0.4 is 0 Å². The molecule has 1 fully saturated rings. The zero-order chi connectivity index (χ0) is 14.2. The van der Waals surface area contributed by atoms with Gasteiger partial charge in [-0.2, -0.15) is 0 Å². The summed E-state index contributed by atoms with van der Waals surface area (Å²) < 4.78 is 5.21. The molecule has 4 nitrogen and oxygen atoms in total. The molecule has 1 aliphatic rings. The van der Waals surface area contributed by atoms with Crippen LogP contribution in [-0.2, 0) is 9.53 Å². The predicted octanol–water partition coefficient (Wildman–Crippen LogP) is 2.54. The molecule has 0 bridgehead atoms. The molecule has 18 heavy (non-hydrogen) atoms. The van der Waals surface area contributed by atoms with Crippen LogP contribution in [0.4, 0.5) is 0 Å².